The van der Waals surface area contributed by atoms with Gasteiger partial charge in [-0.25, -0.2) is 0 Å². The SMILES string of the molecule is Cc1ccc2ncc(C(=O)NC3CSC3)cc2c1. The molecule has 0 saturated carbocycles. The van der Waals surface area contributed by atoms with Gasteiger partial charge in [0, 0.05) is 29.1 Å². The lowest BCUT2D eigenvalue weighted by molar-refractivity contribution is 0.0942. The lowest BCUT2D eigenvalue weighted by atomic mass is 10.1. The molecular formula is C14H14N2OS. The lowest BCUT2D eigenvalue weighted by Crippen LogP contribution is -2.43. The maximum absolute atomic E-state index is 12.0. The third-order valence-corrected chi connectivity index (χ3v) is 4.35. The Labute approximate surface area is 110 Å². The second-order valence-corrected chi connectivity index (χ2v) is 5.70. The highest BCUT2D eigenvalue weighted by atomic mass is 32.2. The van der Waals surface area contributed by atoms with Crippen LogP contribution in [0.25, 0.3) is 10.9 Å². The Kier molecular flexibility index (Phi) is 2.96. The Balaban J connectivity index is 1.89. The summed E-state index contributed by atoms with van der Waals surface area (Å²) >= 11 is 1.86. The molecule has 92 valence electrons. The minimum Gasteiger partial charge on any atom is -0.348 e. The van der Waals surface area contributed by atoms with Crippen molar-refractivity contribution >= 4 is 28.6 Å². The summed E-state index contributed by atoms with van der Waals surface area (Å²) in [6, 6.07) is 8.31. The second kappa shape index (κ2) is 4.61. The molecule has 0 spiro atoms. The summed E-state index contributed by atoms with van der Waals surface area (Å²) in [4.78, 5) is 16.3. The van der Waals surface area contributed by atoms with E-state index in [9.17, 15) is 4.79 Å². The molecule has 0 radical (unpaired) electrons. The van der Waals surface area contributed by atoms with Gasteiger partial charge in [0.05, 0.1) is 11.1 Å². The molecule has 1 saturated heterocycles. The summed E-state index contributed by atoms with van der Waals surface area (Å²) < 4.78 is 0. The van der Waals surface area contributed by atoms with Crippen molar-refractivity contribution in [3.8, 4) is 0 Å². The first-order valence-electron chi connectivity index (χ1n) is 5.97. The molecule has 0 bridgehead atoms. The predicted molar refractivity (Wildman–Crippen MR) is 75.1 cm³/mol. The molecule has 1 amide bonds. The first kappa shape index (κ1) is 11.5. The molecular weight excluding hydrogens is 244 g/mol. The Morgan fingerprint density at radius 1 is 1.39 bits per heavy atom. The molecule has 4 heteroatoms. The van der Waals surface area contributed by atoms with E-state index in [0.717, 1.165) is 22.4 Å². The Morgan fingerprint density at radius 3 is 2.94 bits per heavy atom. The van der Waals surface area contributed by atoms with Crippen LogP contribution in [0, 0.1) is 6.92 Å². The number of nitrogens with one attached hydrogen (secondary N) is 1. The molecule has 1 aliphatic rings. The van der Waals surface area contributed by atoms with Crippen LogP contribution in [0.2, 0.25) is 0 Å². The van der Waals surface area contributed by atoms with Crippen LogP contribution in [0.3, 0.4) is 0 Å². The van der Waals surface area contributed by atoms with E-state index in [2.05, 4.69) is 16.4 Å². The van der Waals surface area contributed by atoms with E-state index in [4.69, 9.17) is 0 Å². The molecule has 0 atom stereocenters. The van der Waals surface area contributed by atoms with Crippen LogP contribution in [-0.2, 0) is 0 Å². The number of pyridine rings is 1. The van der Waals surface area contributed by atoms with Crippen LogP contribution < -0.4 is 5.32 Å². The van der Waals surface area contributed by atoms with Gasteiger partial charge < -0.3 is 5.32 Å². The monoisotopic (exact) mass is 258 g/mol. The van der Waals surface area contributed by atoms with Crippen LogP contribution >= 0.6 is 11.8 Å². The number of nitrogens with zero attached hydrogens (tertiary/aromatic N) is 1. The average molecular weight is 258 g/mol. The fourth-order valence-corrected chi connectivity index (χ4v) is 2.60. The minimum atomic E-state index is -0.0174. The smallest absolute Gasteiger partial charge is 0.253 e. The van der Waals surface area contributed by atoms with E-state index in [1.165, 1.54) is 5.56 Å². The Bertz CT molecular complexity index is 608. The van der Waals surface area contributed by atoms with E-state index in [0.29, 0.717) is 11.6 Å². The molecule has 1 aromatic carbocycles. The standard InChI is InChI=1S/C14H14N2OS/c1-9-2-3-13-10(4-9)5-11(6-15-13)14(17)16-12-7-18-8-12/h2-6,12H,7-8H2,1H3,(H,16,17). The number of rotatable bonds is 2. The zero-order valence-corrected chi connectivity index (χ0v) is 11.0. The van der Waals surface area contributed by atoms with Gasteiger partial charge in [0.1, 0.15) is 0 Å². The van der Waals surface area contributed by atoms with Crippen molar-refractivity contribution in [2.45, 2.75) is 13.0 Å². The maximum Gasteiger partial charge on any atom is 0.253 e. The van der Waals surface area contributed by atoms with E-state index in [-0.39, 0.29) is 5.91 Å². The van der Waals surface area contributed by atoms with E-state index < -0.39 is 0 Å². The third-order valence-electron chi connectivity index (χ3n) is 3.07. The number of carbonyl (C=O) groups is 1. The summed E-state index contributed by atoms with van der Waals surface area (Å²) in [6.07, 6.45) is 1.65. The predicted octanol–water partition coefficient (Wildman–Crippen LogP) is 2.39. The molecule has 0 unspecified atom stereocenters. The summed E-state index contributed by atoms with van der Waals surface area (Å²) in [6.45, 7) is 2.04. The van der Waals surface area contributed by atoms with Crippen molar-refractivity contribution in [3.63, 3.8) is 0 Å². The van der Waals surface area contributed by atoms with Crippen LogP contribution in [0.1, 0.15) is 15.9 Å². The molecule has 2 heterocycles. The topological polar surface area (TPSA) is 42.0 Å². The fraction of sp³-hybridized carbons (Fsp3) is 0.286. The zero-order valence-electron chi connectivity index (χ0n) is 10.1. The van der Waals surface area contributed by atoms with E-state index >= 15 is 0 Å². The molecule has 1 aliphatic heterocycles. The Morgan fingerprint density at radius 2 is 2.22 bits per heavy atom. The molecule has 0 aliphatic carbocycles. The van der Waals surface area contributed by atoms with Gasteiger partial charge in [-0.05, 0) is 25.1 Å². The summed E-state index contributed by atoms with van der Waals surface area (Å²) in [5.74, 6) is 2.02. The molecule has 1 N–H and O–H groups in total. The summed E-state index contributed by atoms with van der Waals surface area (Å²) in [5, 5.41) is 4.03. The number of aryl methyl sites for hydroxylation is 1. The van der Waals surface area contributed by atoms with Gasteiger partial charge in [0.2, 0.25) is 0 Å². The van der Waals surface area contributed by atoms with Crippen molar-refractivity contribution in [1.82, 2.24) is 10.3 Å². The fourth-order valence-electron chi connectivity index (χ4n) is 1.96. The third kappa shape index (κ3) is 2.20. The lowest BCUT2D eigenvalue weighted by Gasteiger charge is -2.25. The second-order valence-electron chi connectivity index (χ2n) is 4.63. The van der Waals surface area contributed by atoms with Crippen molar-refractivity contribution in [1.29, 1.82) is 0 Å². The summed E-state index contributed by atoms with van der Waals surface area (Å²) in [5.41, 5.74) is 2.75. The van der Waals surface area contributed by atoms with Gasteiger partial charge in [-0.3, -0.25) is 9.78 Å². The number of hydrogen-bond acceptors (Lipinski definition) is 3. The number of aromatic nitrogens is 1. The van der Waals surface area contributed by atoms with Crippen LogP contribution in [-0.4, -0.2) is 28.4 Å². The molecule has 3 rings (SSSR count). The van der Waals surface area contributed by atoms with Gasteiger partial charge in [-0.2, -0.15) is 11.8 Å². The molecule has 2 aromatic rings. The van der Waals surface area contributed by atoms with Crippen LogP contribution in [0.15, 0.2) is 30.5 Å². The highest BCUT2D eigenvalue weighted by Crippen LogP contribution is 2.19. The van der Waals surface area contributed by atoms with Gasteiger partial charge in [-0.1, -0.05) is 11.6 Å². The molecule has 3 nitrogen and oxygen atoms in total. The number of thioether (sulfide) groups is 1. The van der Waals surface area contributed by atoms with Gasteiger partial charge >= 0.3 is 0 Å². The van der Waals surface area contributed by atoms with Crippen molar-refractivity contribution in [2.24, 2.45) is 0 Å². The zero-order chi connectivity index (χ0) is 12.5. The van der Waals surface area contributed by atoms with Gasteiger partial charge in [0.25, 0.3) is 5.91 Å². The molecule has 1 aromatic heterocycles. The quantitative estimate of drug-likeness (QED) is 0.899. The van der Waals surface area contributed by atoms with Crippen LogP contribution in [0.5, 0.6) is 0 Å². The minimum absolute atomic E-state index is 0.0174. The molecule has 18 heavy (non-hydrogen) atoms. The maximum atomic E-state index is 12.0. The molecule has 1 fully saturated rings. The normalized spacial score (nSPS) is 15.4. The number of hydrogen-bond donors (Lipinski definition) is 1. The number of amides is 1. The number of fused-ring (bicyclic) bond motifs is 1. The van der Waals surface area contributed by atoms with E-state index in [1.54, 1.807) is 6.20 Å². The van der Waals surface area contributed by atoms with Crippen molar-refractivity contribution in [3.05, 3.63) is 41.6 Å². The van der Waals surface area contributed by atoms with Gasteiger partial charge in [0.15, 0.2) is 0 Å². The first-order valence-corrected chi connectivity index (χ1v) is 7.13. The summed E-state index contributed by atoms with van der Waals surface area (Å²) in [7, 11) is 0. The average Bonchev–Trinajstić information content (AvgIpc) is 2.32. The first-order chi connectivity index (χ1) is 8.72. The highest BCUT2D eigenvalue weighted by Gasteiger charge is 2.20. The van der Waals surface area contributed by atoms with Crippen LogP contribution in [0.4, 0.5) is 0 Å². The van der Waals surface area contributed by atoms with E-state index in [1.807, 2.05) is 36.9 Å². The number of carbonyl (C=O) groups excluding carboxylic acids is 1. The van der Waals surface area contributed by atoms with Crippen molar-refractivity contribution < 1.29 is 4.79 Å². The Hall–Kier alpha value is -1.55. The number of benzene rings is 1. The van der Waals surface area contributed by atoms with Gasteiger partial charge in [-0.15, -0.1) is 0 Å². The van der Waals surface area contributed by atoms with Crippen molar-refractivity contribution in [2.75, 3.05) is 11.5 Å². The highest BCUT2D eigenvalue weighted by molar-refractivity contribution is 8.00. The largest absolute Gasteiger partial charge is 0.348 e.